The van der Waals surface area contributed by atoms with Crippen molar-refractivity contribution in [1.29, 1.82) is 0 Å². The normalized spacial score (nSPS) is 16.9. The monoisotopic (exact) mass is 256 g/mol. The molecule has 2 aliphatic rings. The summed E-state index contributed by atoms with van der Waals surface area (Å²) < 4.78 is 10.8. The van der Waals surface area contributed by atoms with E-state index < -0.39 is 0 Å². The molecule has 0 amide bonds. The molecular weight excluding hydrogens is 244 g/mol. The van der Waals surface area contributed by atoms with Gasteiger partial charge < -0.3 is 14.5 Å². The fourth-order valence-electron chi connectivity index (χ4n) is 2.52. The number of ether oxygens (including phenoxy) is 1. The van der Waals surface area contributed by atoms with Gasteiger partial charge in [-0.1, -0.05) is 0 Å². The van der Waals surface area contributed by atoms with Crippen LogP contribution < -0.4 is 5.32 Å². The lowest BCUT2D eigenvalue weighted by Gasteiger charge is -2.08. The Balaban J connectivity index is 1.76. The highest BCUT2D eigenvalue weighted by atomic mass is 16.5. The molecule has 0 atom stereocenters. The minimum Gasteiger partial charge on any atom is -0.457 e. The summed E-state index contributed by atoms with van der Waals surface area (Å²) in [6, 6.07) is 5.56. The Bertz CT molecular complexity index is 652. The van der Waals surface area contributed by atoms with Gasteiger partial charge >= 0.3 is 5.97 Å². The number of cyclic esters (lactones) is 1. The van der Waals surface area contributed by atoms with Crippen molar-refractivity contribution in [3.05, 3.63) is 40.8 Å². The van der Waals surface area contributed by atoms with Crippen molar-refractivity contribution in [3.8, 4) is 11.5 Å². The predicted octanol–water partition coefficient (Wildman–Crippen LogP) is 1.66. The smallest absolute Gasteiger partial charge is 0.338 e. The average molecular weight is 256 g/mol. The zero-order chi connectivity index (χ0) is 12.8. The lowest BCUT2D eigenvalue weighted by molar-refractivity contribution is 0.0535. The van der Waals surface area contributed by atoms with Crippen LogP contribution in [0.3, 0.4) is 0 Å². The SMILES string of the molecule is O=C1OCc2cc(-c3nc4c(o3)CNCC4)ccc21. The minimum atomic E-state index is -0.252. The van der Waals surface area contributed by atoms with Crippen molar-refractivity contribution >= 4 is 5.97 Å². The average Bonchev–Trinajstić information content (AvgIpc) is 3.02. The number of hydrogen-bond acceptors (Lipinski definition) is 5. The van der Waals surface area contributed by atoms with Gasteiger partial charge in [0.1, 0.15) is 12.4 Å². The van der Waals surface area contributed by atoms with Crippen LogP contribution in [0.15, 0.2) is 22.6 Å². The van der Waals surface area contributed by atoms with E-state index in [-0.39, 0.29) is 5.97 Å². The van der Waals surface area contributed by atoms with Gasteiger partial charge in [-0.3, -0.25) is 0 Å². The number of carbonyl (C=O) groups is 1. The zero-order valence-corrected chi connectivity index (χ0v) is 10.2. The number of fused-ring (bicyclic) bond motifs is 2. The molecule has 96 valence electrons. The lowest BCUT2D eigenvalue weighted by Crippen LogP contribution is -2.22. The molecule has 0 aliphatic carbocycles. The molecule has 1 N–H and O–H groups in total. The maximum atomic E-state index is 11.4. The third kappa shape index (κ3) is 1.66. The van der Waals surface area contributed by atoms with Gasteiger partial charge in [0, 0.05) is 24.1 Å². The molecule has 2 aromatic rings. The summed E-state index contributed by atoms with van der Waals surface area (Å²) >= 11 is 0. The van der Waals surface area contributed by atoms with Gasteiger partial charge in [-0.15, -0.1) is 0 Å². The van der Waals surface area contributed by atoms with Gasteiger partial charge in [-0.25, -0.2) is 9.78 Å². The summed E-state index contributed by atoms with van der Waals surface area (Å²) in [4.78, 5) is 15.9. The van der Waals surface area contributed by atoms with E-state index in [9.17, 15) is 4.79 Å². The van der Waals surface area contributed by atoms with E-state index in [0.717, 1.165) is 42.1 Å². The highest BCUT2D eigenvalue weighted by molar-refractivity contribution is 5.93. The van der Waals surface area contributed by atoms with E-state index in [1.165, 1.54) is 0 Å². The third-order valence-corrected chi connectivity index (χ3v) is 3.53. The number of carbonyl (C=O) groups excluding carboxylic acids is 1. The Morgan fingerprint density at radius 3 is 3.16 bits per heavy atom. The van der Waals surface area contributed by atoms with Crippen LogP contribution in [0.4, 0.5) is 0 Å². The standard InChI is InChI=1S/C14H12N2O3/c17-14-10-2-1-8(5-9(10)7-18-14)13-16-11-3-4-15-6-12(11)19-13/h1-2,5,15H,3-4,6-7H2. The van der Waals surface area contributed by atoms with Crippen LogP contribution in [0.2, 0.25) is 0 Å². The third-order valence-electron chi connectivity index (χ3n) is 3.53. The Morgan fingerprint density at radius 2 is 2.26 bits per heavy atom. The maximum Gasteiger partial charge on any atom is 0.338 e. The molecule has 19 heavy (non-hydrogen) atoms. The van der Waals surface area contributed by atoms with Gasteiger partial charge in [0.25, 0.3) is 0 Å². The number of benzene rings is 1. The molecule has 0 unspecified atom stereocenters. The first kappa shape index (κ1) is 10.8. The van der Waals surface area contributed by atoms with Gasteiger partial charge in [-0.05, 0) is 18.2 Å². The van der Waals surface area contributed by atoms with Crippen LogP contribution in [0.1, 0.15) is 27.4 Å². The minimum absolute atomic E-state index is 0.252. The highest BCUT2D eigenvalue weighted by Gasteiger charge is 2.23. The fourth-order valence-corrected chi connectivity index (χ4v) is 2.52. The molecule has 0 fully saturated rings. The molecule has 1 aromatic carbocycles. The van der Waals surface area contributed by atoms with Gasteiger partial charge in [0.05, 0.1) is 17.8 Å². The largest absolute Gasteiger partial charge is 0.457 e. The second kappa shape index (κ2) is 3.93. The molecule has 0 radical (unpaired) electrons. The summed E-state index contributed by atoms with van der Waals surface area (Å²) in [6.07, 6.45) is 0.894. The molecule has 2 aliphatic heterocycles. The molecule has 0 saturated heterocycles. The van der Waals surface area contributed by atoms with Gasteiger partial charge in [0.15, 0.2) is 0 Å². The molecule has 0 spiro atoms. The molecule has 3 heterocycles. The topological polar surface area (TPSA) is 64.4 Å². The summed E-state index contributed by atoms with van der Waals surface area (Å²) in [5.74, 6) is 1.28. The van der Waals surface area contributed by atoms with E-state index in [1.54, 1.807) is 6.07 Å². The lowest BCUT2D eigenvalue weighted by atomic mass is 10.1. The summed E-state index contributed by atoms with van der Waals surface area (Å²) in [7, 11) is 0. The van der Waals surface area contributed by atoms with Crippen molar-refractivity contribution in [1.82, 2.24) is 10.3 Å². The van der Waals surface area contributed by atoms with Crippen molar-refractivity contribution in [2.24, 2.45) is 0 Å². The van der Waals surface area contributed by atoms with Crippen molar-refractivity contribution in [3.63, 3.8) is 0 Å². The Morgan fingerprint density at radius 1 is 1.32 bits per heavy atom. The first-order chi connectivity index (χ1) is 9.31. The number of aromatic nitrogens is 1. The second-order valence-electron chi connectivity index (χ2n) is 4.76. The number of nitrogens with zero attached hydrogens (tertiary/aromatic N) is 1. The Kier molecular flexibility index (Phi) is 2.22. The Labute approximate surface area is 109 Å². The first-order valence-corrected chi connectivity index (χ1v) is 6.31. The molecule has 5 heteroatoms. The van der Waals surface area contributed by atoms with Crippen LogP contribution in [0.5, 0.6) is 0 Å². The molecule has 0 saturated carbocycles. The van der Waals surface area contributed by atoms with Crippen LogP contribution in [-0.2, 0) is 24.3 Å². The second-order valence-corrected chi connectivity index (χ2v) is 4.76. The first-order valence-electron chi connectivity index (χ1n) is 6.31. The number of nitrogens with one attached hydrogen (secondary N) is 1. The molecular formula is C14H12N2O3. The fraction of sp³-hybridized carbons (Fsp3) is 0.286. The van der Waals surface area contributed by atoms with Crippen molar-refractivity contribution in [2.45, 2.75) is 19.6 Å². The van der Waals surface area contributed by atoms with E-state index in [2.05, 4.69) is 10.3 Å². The number of oxazole rings is 1. The predicted molar refractivity (Wildman–Crippen MR) is 66.5 cm³/mol. The molecule has 4 rings (SSSR count). The van der Waals surface area contributed by atoms with Crippen molar-refractivity contribution in [2.75, 3.05) is 6.54 Å². The molecule has 5 nitrogen and oxygen atoms in total. The van der Waals surface area contributed by atoms with E-state index in [1.807, 2.05) is 12.1 Å². The summed E-state index contributed by atoms with van der Waals surface area (Å²) in [5.41, 5.74) is 3.46. The van der Waals surface area contributed by atoms with Crippen LogP contribution in [0, 0.1) is 0 Å². The highest BCUT2D eigenvalue weighted by Crippen LogP contribution is 2.28. The summed E-state index contributed by atoms with van der Waals surface area (Å²) in [5, 5.41) is 3.25. The van der Waals surface area contributed by atoms with Crippen molar-refractivity contribution < 1.29 is 13.9 Å². The van der Waals surface area contributed by atoms with E-state index in [0.29, 0.717) is 18.1 Å². The van der Waals surface area contributed by atoms with Crippen LogP contribution in [0.25, 0.3) is 11.5 Å². The summed E-state index contributed by atoms with van der Waals surface area (Å²) in [6.45, 7) is 2.00. The molecule has 0 bridgehead atoms. The van der Waals surface area contributed by atoms with Gasteiger partial charge in [-0.2, -0.15) is 0 Å². The van der Waals surface area contributed by atoms with E-state index >= 15 is 0 Å². The van der Waals surface area contributed by atoms with Gasteiger partial charge in [0.2, 0.25) is 5.89 Å². The van der Waals surface area contributed by atoms with Crippen LogP contribution >= 0.6 is 0 Å². The van der Waals surface area contributed by atoms with Crippen LogP contribution in [-0.4, -0.2) is 17.5 Å². The number of hydrogen-bond donors (Lipinski definition) is 1. The Hall–Kier alpha value is -2.14. The number of esters is 1. The quantitative estimate of drug-likeness (QED) is 0.786. The number of rotatable bonds is 1. The molecule has 1 aromatic heterocycles. The van der Waals surface area contributed by atoms with E-state index in [4.69, 9.17) is 9.15 Å². The maximum absolute atomic E-state index is 11.4. The zero-order valence-electron chi connectivity index (χ0n) is 10.2.